The highest BCUT2D eigenvalue weighted by atomic mass is 16.5. The Kier molecular flexibility index (Phi) is 4.91. The highest BCUT2D eigenvalue weighted by Gasteiger charge is 2.62. The highest BCUT2D eigenvalue weighted by Crippen LogP contribution is 2.67. The van der Waals surface area contributed by atoms with Crippen LogP contribution in [0, 0.1) is 40.4 Å². The van der Waals surface area contributed by atoms with Crippen LogP contribution in [-0.4, -0.2) is 34.5 Å². The van der Waals surface area contributed by atoms with Gasteiger partial charge in [0.25, 0.3) is 0 Å². The lowest BCUT2D eigenvalue weighted by Crippen LogP contribution is -2.58. The Hall–Kier alpha value is -0.610. The van der Waals surface area contributed by atoms with Gasteiger partial charge in [0.2, 0.25) is 0 Å². The van der Waals surface area contributed by atoms with Gasteiger partial charge in [-0.25, -0.2) is 0 Å². The molecule has 0 amide bonds. The molecule has 2 N–H and O–H groups in total. The van der Waals surface area contributed by atoms with E-state index in [2.05, 4.69) is 20.8 Å². The first-order chi connectivity index (χ1) is 12.7. The van der Waals surface area contributed by atoms with Crippen molar-refractivity contribution < 1.29 is 19.7 Å². The molecule has 4 aliphatic rings. The SMILES string of the molecule is CC(=O)OC(C)C1CCC2C3CC(O)C4CC(O)CCC4(C)C3CCC12C. The summed E-state index contributed by atoms with van der Waals surface area (Å²) < 4.78 is 5.61. The van der Waals surface area contributed by atoms with Crippen LogP contribution in [0.5, 0.6) is 0 Å². The second-order valence-electron chi connectivity index (χ2n) is 10.8. The average molecular weight is 379 g/mol. The largest absolute Gasteiger partial charge is 0.463 e. The van der Waals surface area contributed by atoms with E-state index in [0.717, 1.165) is 32.1 Å². The lowest BCUT2D eigenvalue weighted by Gasteiger charge is -2.62. The molecule has 0 aromatic carbocycles. The summed E-state index contributed by atoms with van der Waals surface area (Å²) >= 11 is 0. The maximum atomic E-state index is 11.5. The number of aliphatic hydroxyl groups is 2. The molecule has 154 valence electrons. The smallest absolute Gasteiger partial charge is 0.302 e. The first kappa shape index (κ1) is 19.7. The van der Waals surface area contributed by atoms with Gasteiger partial charge in [0, 0.05) is 12.8 Å². The molecule has 4 nitrogen and oxygen atoms in total. The molecule has 0 aromatic heterocycles. The van der Waals surface area contributed by atoms with Crippen LogP contribution in [0.15, 0.2) is 0 Å². The maximum absolute atomic E-state index is 11.5. The second-order valence-corrected chi connectivity index (χ2v) is 10.8. The molecule has 0 radical (unpaired) electrons. The van der Waals surface area contributed by atoms with Crippen LogP contribution in [-0.2, 0) is 9.53 Å². The summed E-state index contributed by atoms with van der Waals surface area (Å²) in [5, 5.41) is 21.2. The molecule has 0 aromatic rings. The monoisotopic (exact) mass is 378 g/mol. The Balaban J connectivity index is 1.59. The van der Waals surface area contributed by atoms with Crippen LogP contribution < -0.4 is 0 Å². The average Bonchev–Trinajstić information content (AvgIpc) is 2.93. The summed E-state index contributed by atoms with van der Waals surface area (Å²) in [5.74, 6) is 2.38. The predicted octanol–water partition coefficient (Wildman–Crippen LogP) is 3.93. The highest BCUT2D eigenvalue weighted by molar-refractivity contribution is 5.66. The summed E-state index contributed by atoms with van der Waals surface area (Å²) in [4.78, 5) is 11.5. The van der Waals surface area contributed by atoms with Gasteiger partial charge in [-0.05, 0) is 92.8 Å². The third kappa shape index (κ3) is 2.97. The predicted molar refractivity (Wildman–Crippen MR) is 104 cm³/mol. The van der Waals surface area contributed by atoms with E-state index in [0.29, 0.717) is 23.7 Å². The molecular formula is C23H38O4. The Morgan fingerprint density at radius 2 is 1.63 bits per heavy atom. The van der Waals surface area contributed by atoms with E-state index in [4.69, 9.17) is 4.74 Å². The van der Waals surface area contributed by atoms with Gasteiger partial charge >= 0.3 is 5.97 Å². The van der Waals surface area contributed by atoms with Gasteiger partial charge in [-0.1, -0.05) is 13.8 Å². The van der Waals surface area contributed by atoms with Gasteiger partial charge in [0.05, 0.1) is 12.2 Å². The van der Waals surface area contributed by atoms with E-state index < -0.39 is 0 Å². The number of ether oxygens (including phenoxy) is 1. The lowest BCUT2D eigenvalue weighted by molar-refractivity contribution is -0.176. The fourth-order valence-electron chi connectivity index (χ4n) is 8.43. The summed E-state index contributed by atoms with van der Waals surface area (Å²) in [7, 11) is 0. The summed E-state index contributed by atoms with van der Waals surface area (Å²) in [6.45, 7) is 8.41. The zero-order valence-electron chi connectivity index (χ0n) is 17.5. The fourth-order valence-corrected chi connectivity index (χ4v) is 8.43. The quantitative estimate of drug-likeness (QED) is 0.715. The van der Waals surface area contributed by atoms with Crippen molar-refractivity contribution in [1.82, 2.24) is 0 Å². The molecule has 10 unspecified atom stereocenters. The minimum atomic E-state index is -0.279. The number of rotatable bonds is 2. The Morgan fingerprint density at radius 1 is 0.963 bits per heavy atom. The van der Waals surface area contributed by atoms with Crippen molar-refractivity contribution in [1.29, 1.82) is 0 Å². The summed E-state index contributed by atoms with van der Waals surface area (Å²) in [5.41, 5.74) is 0.385. The van der Waals surface area contributed by atoms with Crippen molar-refractivity contribution in [2.75, 3.05) is 0 Å². The maximum Gasteiger partial charge on any atom is 0.302 e. The molecule has 4 aliphatic carbocycles. The zero-order valence-corrected chi connectivity index (χ0v) is 17.5. The topological polar surface area (TPSA) is 66.8 Å². The number of fused-ring (bicyclic) bond motifs is 5. The third-order valence-electron chi connectivity index (χ3n) is 9.64. The summed E-state index contributed by atoms with van der Waals surface area (Å²) in [6.07, 6.45) is 7.83. The van der Waals surface area contributed by atoms with Crippen LogP contribution in [0.3, 0.4) is 0 Å². The van der Waals surface area contributed by atoms with Gasteiger partial charge < -0.3 is 14.9 Å². The number of carbonyl (C=O) groups excluding carboxylic acids is 1. The van der Waals surface area contributed by atoms with E-state index in [1.54, 1.807) is 0 Å². The summed E-state index contributed by atoms with van der Waals surface area (Å²) in [6, 6.07) is 0. The van der Waals surface area contributed by atoms with Crippen molar-refractivity contribution in [3.05, 3.63) is 0 Å². The van der Waals surface area contributed by atoms with Gasteiger partial charge in [0.15, 0.2) is 0 Å². The standard InChI is InChI=1S/C23H38O4/c1-13(27-14(2)24)17-5-6-18-16-12-21(26)20-11-15(25)7-9-23(20,4)19(16)8-10-22(17,18)3/h13,15-21,25-26H,5-12H2,1-4H3. The molecule has 0 aliphatic heterocycles. The minimum Gasteiger partial charge on any atom is -0.463 e. The molecule has 4 saturated carbocycles. The Morgan fingerprint density at radius 3 is 2.33 bits per heavy atom. The van der Waals surface area contributed by atoms with Crippen LogP contribution in [0.2, 0.25) is 0 Å². The molecular weight excluding hydrogens is 340 g/mol. The van der Waals surface area contributed by atoms with E-state index >= 15 is 0 Å². The van der Waals surface area contributed by atoms with E-state index in [9.17, 15) is 15.0 Å². The van der Waals surface area contributed by atoms with Crippen molar-refractivity contribution in [2.45, 2.75) is 97.4 Å². The second kappa shape index (κ2) is 6.73. The van der Waals surface area contributed by atoms with Crippen molar-refractivity contribution >= 4 is 5.97 Å². The van der Waals surface area contributed by atoms with Gasteiger partial charge in [0.1, 0.15) is 6.10 Å². The Labute approximate surface area is 164 Å². The van der Waals surface area contributed by atoms with Gasteiger partial charge in [-0.2, -0.15) is 0 Å². The first-order valence-electron chi connectivity index (χ1n) is 11.2. The van der Waals surface area contributed by atoms with Crippen LogP contribution in [0.25, 0.3) is 0 Å². The van der Waals surface area contributed by atoms with Gasteiger partial charge in [-0.3, -0.25) is 4.79 Å². The molecule has 10 atom stereocenters. The number of esters is 1. The molecule has 27 heavy (non-hydrogen) atoms. The van der Waals surface area contributed by atoms with Crippen LogP contribution in [0.4, 0.5) is 0 Å². The van der Waals surface area contributed by atoms with Crippen molar-refractivity contribution in [3.8, 4) is 0 Å². The number of carbonyl (C=O) groups is 1. The lowest BCUT2D eigenvalue weighted by atomic mass is 9.44. The molecule has 0 heterocycles. The third-order valence-corrected chi connectivity index (χ3v) is 9.64. The van der Waals surface area contributed by atoms with Crippen LogP contribution in [0.1, 0.15) is 79.1 Å². The zero-order chi connectivity index (χ0) is 19.6. The fraction of sp³-hybridized carbons (Fsp3) is 0.957. The van der Waals surface area contributed by atoms with E-state index in [1.165, 1.54) is 26.2 Å². The van der Waals surface area contributed by atoms with Gasteiger partial charge in [-0.15, -0.1) is 0 Å². The molecule has 0 saturated heterocycles. The first-order valence-corrected chi connectivity index (χ1v) is 11.2. The number of hydrogen-bond acceptors (Lipinski definition) is 4. The minimum absolute atomic E-state index is 0.0178. The molecule has 0 bridgehead atoms. The Bertz CT molecular complexity index is 591. The molecule has 4 heteroatoms. The number of hydrogen-bond donors (Lipinski definition) is 2. The number of aliphatic hydroxyl groups excluding tert-OH is 2. The van der Waals surface area contributed by atoms with Crippen LogP contribution >= 0.6 is 0 Å². The normalized spacial score (nSPS) is 53.0. The molecule has 4 fully saturated rings. The van der Waals surface area contributed by atoms with E-state index in [1.807, 2.05) is 0 Å². The van der Waals surface area contributed by atoms with Crippen molar-refractivity contribution in [2.24, 2.45) is 40.4 Å². The molecule has 4 rings (SSSR count). The van der Waals surface area contributed by atoms with E-state index in [-0.39, 0.29) is 41.0 Å². The van der Waals surface area contributed by atoms with Crippen molar-refractivity contribution in [3.63, 3.8) is 0 Å². The molecule has 0 spiro atoms.